The molecule has 0 aliphatic carbocycles. The number of ether oxygens (including phenoxy) is 2. The molecule has 0 amide bonds. The summed E-state index contributed by atoms with van der Waals surface area (Å²) in [5.74, 6) is 0.431. The van der Waals surface area contributed by atoms with Gasteiger partial charge in [-0.05, 0) is 35.4 Å². The molecule has 0 fully saturated rings. The first kappa shape index (κ1) is 14.9. The van der Waals surface area contributed by atoms with Gasteiger partial charge in [-0.2, -0.15) is 5.26 Å². The van der Waals surface area contributed by atoms with Gasteiger partial charge in [0.1, 0.15) is 11.8 Å². The van der Waals surface area contributed by atoms with Crippen molar-refractivity contribution in [2.24, 2.45) is 0 Å². The van der Waals surface area contributed by atoms with Gasteiger partial charge < -0.3 is 9.47 Å². The lowest BCUT2D eigenvalue weighted by Gasteiger charge is -2.12. The summed E-state index contributed by atoms with van der Waals surface area (Å²) in [5, 5.41) is 11.2. The molecule has 0 N–H and O–H groups in total. The van der Waals surface area contributed by atoms with Crippen LogP contribution in [-0.4, -0.2) is 13.1 Å². The molecule has 0 aliphatic rings. The van der Waals surface area contributed by atoms with Crippen LogP contribution in [0.15, 0.2) is 36.4 Å². The Hall–Kier alpha value is -2.54. The Morgan fingerprint density at radius 3 is 2.62 bits per heavy atom. The number of nitrogens with zero attached hydrogens (tertiary/aromatic N) is 1. The largest absolute Gasteiger partial charge is 0.497 e. The fraction of sp³-hybridized carbons (Fsp3) is 0.294. The van der Waals surface area contributed by atoms with E-state index in [9.17, 15) is 10.1 Å². The summed E-state index contributed by atoms with van der Waals surface area (Å²) in [6.45, 7) is 1.89. The van der Waals surface area contributed by atoms with E-state index in [1.54, 1.807) is 13.2 Å². The maximum atomic E-state index is 11.5. The van der Waals surface area contributed by atoms with Crippen molar-refractivity contribution in [2.45, 2.75) is 25.9 Å². The average Bonchev–Trinajstić information content (AvgIpc) is 2.51. The van der Waals surface area contributed by atoms with Crippen LogP contribution in [0, 0.1) is 11.3 Å². The predicted octanol–water partition coefficient (Wildman–Crippen LogP) is 3.76. The molecular formula is C17H17NO3. The van der Waals surface area contributed by atoms with E-state index in [-0.39, 0.29) is 5.97 Å². The SMILES string of the molecule is CCCC(=O)OC(C#N)c1ccc2cc(OC)ccc2c1. The minimum absolute atomic E-state index is 0.322. The Morgan fingerprint density at radius 2 is 1.95 bits per heavy atom. The van der Waals surface area contributed by atoms with Crippen molar-refractivity contribution < 1.29 is 14.3 Å². The summed E-state index contributed by atoms with van der Waals surface area (Å²) in [5.41, 5.74) is 0.680. The van der Waals surface area contributed by atoms with E-state index in [0.29, 0.717) is 18.4 Å². The van der Waals surface area contributed by atoms with Crippen LogP contribution in [0.4, 0.5) is 0 Å². The third-order valence-electron chi connectivity index (χ3n) is 3.19. The first-order valence-electron chi connectivity index (χ1n) is 6.84. The number of methoxy groups -OCH3 is 1. The lowest BCUT2D eigenvalue weighted by Crippen LogP contribution is -2.09. The van der Waals surface area contributed by atoms with Crippen molar-refractivity contribution in [3.05, 3.63) is 42.0 Å². The highest BCUT2D eigenvalue weighted by molar-refractivity contribution is 5.84. The Bertz CT molecular complexity index is 688. The molecule has 2 rings (SSSR count). The van der Waals surface area contributed by atoms with E-state index in [1.807, 2.05) is 43.3 Å². The zero-order valence-electron chi connectivity index (χ0n) is 12.1. The molecule has 0 spiro atoms. The van der Waals surface area contributed by atoms with Crippen LogP contribution in [0.25, 0.3) is 10.8 Å². The molecule has 2 aromatic rings. The summed E-state index contributed by atoms with van der Waals surface area (Å²) in [4.78, 5) is 11.5. The molecule has 108 valence electrons. The topological polar surface area (TPSA) is 59.3 Å². The van der Waals surface area contributed by atoms with Crippen molar-refractivity contribution in [2.75, 3.05) is 7.11 Å². The monoisotopic (exact) mass is 283 g/mol. The summed E-state index contributed by atoms with van der Waals surface area (Å²) in [6, 6.07) is 13.3. The lowest BCUT2D eigenvalue weighted by atomic mass is 10.0. The molecule has 1 unspecified atom stereocenters. The minimum Gasteiger partial charge on any atom is -0.497 e. The van der Waals surface area contributed by atoms with Gasteiger partial charge in [0.05, 0.1) is 7.11 Å². The fourth-order valence-electron chi connectivity index (χ4n) is 2.10. The van der Waals surface area contributed by atoms with Crippen LogP contribution < -0.4 is 4.74 Å². The Kier molecular flexibility index (Phi) is 4.78. The van der Waals surface area contributed by atoms with Crippen LogP contribution in [0.3, 0.4) is 0 Å². The minimum atomic E-state index is -0.865. The van der Waals surface area contributed by atoms with Gasteiger partial charge in [0.2, 0.25) is 6.10 Å². The Balaban J connectivity index is 2.28. The third kappa shape index (κ3) is 3.51. The number of carbonyl (C=O) groups is 1. The lowest BCUT2D eigenvalue weighted by molar-refractivity contribution is -0.146. The number of fused-ring (bicyclic) bond motifs is 1. The van der Waals surface area contributed by atoms with Crippen LogP contribution in [0.5, 0.6) is 5.75 Å². The normalized spacial score (nSPS) is 11.7. The van der Waals surface area contributed by atoms with Gasteiger partial charge >= 0.3 is 5.97 Å². The van der Waals surface area contributed by atoms with E-state index in [2.05, 4.69) is 0 Å². The maximum Gasteiger partial charge on any atom is 0.307 e. The zero-order valence-corrected chi connectivity index (χ0v) is 12.1. The molecule has 0 saturated heterocycles. The van der Waals surface area contributed by atoms with E-state index in [1.165, 1.54) is 0 Å². The van der Waals surface area contributed by atoms with Crippen LogP contribution >= 0.6 is 0 Å². The zero-order chi connectivity index (χ0) is 15.2. The number of nitriles is 1. The molecule has 0 heterocycles. The van der Waals surface area contributed by atoms with Crippen molar-refractivity contribution in [1.29, 1.82) is 5.26 Å². The highest BCUT2D eigenvalue weighted by atomic mass is 16.5. The second-order valence-electron chi connectivity index (χ2n) is 4.72. The number of rotatable bonds is 5. The van der Waals surface area contributed by atoms with Crippen molar-refractivity contribution in [3.8, 4) is 11.8 Å². The Labute approximate surface area is 123 Å². The predicted molar refractivity (Wildman–Crippen MR) is 79.9 cm³/mol. The summed E-state index contributed by atoms with van der Waals surface area (Å²) in [6.07, 6.45) is 0.160. The van der Waals surface area contributed by atoms with Gasteiger partial charge in [-0.25, -0.2) is 0 Å². The summed E-state index contributed by atoms with van der Waals surface area (Å²) in [7, 11) is 1.62. The smallest absolute Gasteiger partial charge is 0.307 e. The van der Waals surface area contributed by atoms with Gasteiger partial charge in [0, 0.05) is 12.0 Å². The highest BCUT2D eigenvalue weighted by Crippen LogP contribution is 2.25. The summed E-state index contributed by atoms with van der Waals surface area (Å²) < 4.78 is 10.4. The second kappa shape index (κ2) is 6.76. The van der Waals surface area contributed by atoms with Crippen molar-refractivity contribution >= 4 is 16.7 Å². The number of carbonyl (C=O) groups excluding carboxylic acids is 1. The van der Waals surface area contributed by atoms with E-state index < -0.39 is 6.10 Å². The molecule has 0 aromatic heterocycles. The number of hydrogen-bond donors (Lipinski definition) is 0. The van der Waals surface area contributed by atoms with Gasteiger partial charge in [-0.15, -0.1) is 0 Å². The molecule has 21 heavy (non-hydrogen) atoms. The van der Waals surface area contributed by atoms with Crippen LogP contribution in [0.1, 0.15) is 31.4 Å². The van der Waals surface area contributed by atoms with Gasteiger partial charge in [0.15, 0.2) is 0 Å². The molecule has 1 atom stereocenters. The van der Waals surface area contributed by atoms with Crippen molar-refractivity contribution in [1.82, 2.24) is 0 Å². The molecule has 2 aromatic carbocycles. The third-order valence-corrected chi connectivity index (χ3v) is 3.19. The maximum absolute atomic E-state index is 11.5. The van der Waals surface area contributed by atoms with Crippen LogP contribution in [0.2, 0.25) is 0 Å². The van der Waals surface area contributed by atoms with E-state index in [4.69, 9.17) is 9.47 Å². The fourth-order valence-corrected chi connectivity index (χ4v) is 2.10. The number of esters is 1. The molecule has 4 heteroatoms. The van der Waals surface area contributed by atoms with Gasteiger partial charge in [0.25, 0.3) is 0 Å². The molecule has 4 nitrogen and oxygen atoms in total. The first-order chi connectivity index (χ1) is 10.2. The molecule has 0 saturated carbocycles. The average molecular weight is 283 g/mol. The van der Waals surface area contributed by atoms with E-state index in [0.717, 1.165) is 16.5 Å². The molecule has 0 bridgehead atoms. The second-order valence-corrected chi connectivity index (χ2v) is 4.72. The van der Waals surface area contributed by atoms with Crippen LogP contribution in [-0.2, 0) is 9.53 Å². The quantitative estimate of drug-likeness (QED) is 0.784. The first-order valence-corrected chi connectivity index (χ1v) is 6.84. The highest BCUT2D eigenvalue weighted by Gasteiger charge is 2.15. The molecule has 0 radical (unpaired) electrons. The summed E-state index contributed by atoms with van der Waals surface area (Å²) >= 11 is 0. The van der Waals surface area contributed by atoms with E-state index >= 15 is 0 Å². The molecule has 0 aliphatic heterocycles. The van der Waals surface area contributed by atoms with Crippen molar-refractivity contribution in [3.63, 3.8) is 0 Å². The van der Waals surface area contributed by atoms with Gasteiger partial charge in [-0.3, -0.25) is 4.79 Å². The van der Waals surface area contributed by atoms with Gasteiger partial charge in [-0.1, -0.05) is 25.1 Å². The standard InChI is InChI=1S/C17H17NO3/c1-3-4-17(19)21-16(11-18)14-6-5-13-10-15(20-2)8-7-12(13)9-14/h5-10,16H,3-4H2,1-2H3. The number of benzene rings is 2. The Morgan fingerprint density at radius 1 is 1.24 bits per heavy atom. The number of hydrogen-bond acceptors (Lipinski definition) is 4. The molecular weight excluding hydrogens is 266 g/mol.